The summed E-state index contributed by atoms with van der Waals surface area (Å²) in [6.07, 6.45) is 3.42. The molecule has 0 unspecified atom stereocenters. The van der Waals surface area contributed by atoms with Crippen LogP contribution in [0.4, 0.5) is 0 Å². The zero-order valence-corrected chi connectivity index (χ0v) is 22.9. The molecule has 0 saturated carbocycles. The molecule has 0 radical (unpaired) electrons. The molecule has 1 N–H and O–H groups in total. The van der Waals surface area contributed by atoms with Crippen LogP contribution < -0.4 is 10.1 Å². The van der Waals surface area contributed by atoms with Crippen LogP contribution in [0, 0.1) is 0 Å². The molecule has 0 aliphatic heterocycles. The first-order valence-electron chi connectivity index (χ1n) is 12.9. The Bertz CT molecular complexity index is 712. The molecule has 10 heteroatoms. The maximum atomic E-state index is 11.9. The van der Waals surface area contributed by atoms with Gasteiger partial charge in [-0.3, -0.25) is 4.79 Å². The van der Waals surface area contributed by atoms with Crippen molar-refractivity contribution in [1.29, 1.82) is 0 Å². The van der Waals surface area contributed by atoms with E-state index in [1.54, 1.807) is 33.7 Å². The quantitative estimate of drug-likeness (QED) is 0.157. The molecule has 35 heavy (non-hydrogen) atoms. The van der Waals surface area contributed by atoms with E-state index >= 15 is 0 Å². The second-order valence-electron chi connectivity index (χ2n) is 7.94. The normalized spacial score (nSPS) is 12.3. The summed E-state index contributed by atoms with van der Waals surface area (Å²) in [7, 11) is 3.52. The molecule has 0 fully saturated rings. The van der Waals surface area contributed by atoms with Crippen LogP contribution in [-0.4, -0.2) is 96.1 Å². The second kappa shape index (κ2) is 22.2. The van der Waals surface area contributed by atoms with Crippen LogP contribution in [0.1, 0.15) is 29.4 Å². The van der Waals surface area contributed by atoms with Gasteiger partial charge in [0.1, 0.15) is 12.4 Å². The number of benzene rings is 1. The van der Waals surface area contributed by atoms with Crippen LogP contribution in [0.15, 0.2) is 30.3 Å². The van der Waals surface area contributed by atoms with Gasteiger partial charge in [0.2, 0.25) is 5.91 Å². The predicted molar refractivity (Wildman–Crippen MR) is 143 cm³/mol. The van der Waals surface area contributed by atoms with E-state index in [9.17, 15) is 4.79 Å². The van der Waals surface area contributed by atoms with Gasteiger partial charge in [-0.15, -0.1) is 0 Å². The van der Waals surface area contributed by atoms with Gasteiger partial charge in [-0.1, -0.05) is 39.7 Å². The van der Waals surface area contributed by atoms with E-state index in [0.717, 1.165) is 6.42 Å². The number of carbonyl (C=O) groups excluding carboxylic acids is 1. The van der Waals surface area contributed by atoms with Gasteiger partial charge in [0, 0.05) is 17.7 Å². The van der Waals surface area contributed by atoms with E-state index in [2.05, 4.69) is 25.4 Å². The largest absolute Gasteiger partial charge is 0.491 e. The standard InChI is InChI=1S/C25H43NO7S2/c1-25(2,35-34-3)10-9-24(27)26-11-12-28-13-14-29-15-16-30-17-18-31-19-20-32-21-22-33-23-7-5-4-6-8-23/h4-8H,9-22H2,1-3H3,(H,26,27)/i5D,6D. The highest BCUT2D eigenvalue weighted by Crippen LogP contribution is 2.36. The number of hydrogen-bond donors (Lipinski definition) is 1. The van der Waals surface area contributed by atoms with Gasteiger partial charge in [-0.25, -0.2) is 0 Å². The van der Waals surface area contributed by atoms with Crippen LogP contribution in [0.3, 0.4) is 0 Å². The molecule has 0 atom stereocenters. The summed E-state index contributed by atoms with van der Waals surface area (Å²) in [6.45, 7) is 9.83. The monoisotopic (exact) mass is 535 g/mol. The second-order valence-corrected chi connectivity index (χ2v) is 11.0. The Labute approximate surface area is 221 Å². The van der Waals surface area contributed by atoms with Crippen LogP contribution in [-0.2, 0) is 28.5 Å². The average molecular weight is 536 g/mol. The van der Waals surface area contributed by atoms with Gasteiger partial charge in [0.15, 0.2) is 0 Å². The third-order valence-electron chi connectivity index (χ3n) is 4.43. The van der Waals surface area contributed by atoms with E-state index < -0.39 is 0 Å². The fourth-order valence-corrected chi connectivity index (χ4v) is 4.89. The van der Waals surface area contributed by atoms with Gasteiger partial charge >= 0.3 is 0 Å². The zero-order chi connectivity index (χ0) is 27.2. The van der Waals surface area contributed by atoms with Crippen molar-refractivity contribution < 1.29 is 36.0 Å². The Balaban J connectivity index is 1.77. The lowest BCUT2D eigenvalue weighted by atomic mass is 10.1. The minimum atomic E-state index is 0.0607. The lowest BCUT2D eigenvalue weighted by Gasteiger charge is -2.21. The third kappa shape index (κ3) is 20.8. The predicted octanol–water partition coefficient (Wildman–Crippen LogP) is 3.83. The molecule has 0 aliphatic rings. The van der Waals surface area contributed by atoms with E-state index in [1.807, 2.05) is 0 Å². The molecule has 1 amide bonds. The van der Waals surface area contributed by atoms with Crippen molar-refractivity contribution in [3.05, 3.63) is 30.3 Å². The molecule has 0 aromatic heterocycles. The highest BCUT2D eigenvalue weighted by Gasteiger charge is 2.19. The van der Waals surface area contributed by atoms with Crippen molar-refractivity contribution in [2.45, 2.75) is 31.4 Å². The summed E-state index contributed by atoms with van der Waals surface area (Å²) in [4.78, 5) is 11.9. The number of carbonyl (C=O) groups is 1. The number of rotatable bonds is 24. The Morgan fingerprint density at radius 3 is 1.86 bits per heavy atom. The highest BCUT2D eigenvalue weighted by molar-refractivity contribution is 8.76. The molecule has 0 saturated heterocycles. The average Bonchev–Trinajstić information content (AvgIpc) is 2.83. The van der Waals surface area contributed by atoms with Crippen molar-refractivity contribution in [2.75, 3.05) is 85.5 Å². The van der Waals surface area contributed by atoms with Crippen LogP contribution in [0.25, 0.3) is 0 Å². The maximum absolute atomic E-state index is 11.9. The Morgan fingerprint density at radius 1 is 0.857 bits per heavy atom. The first kappa shape index (κ1) is 28.6. The molecule has 0 spiro atoms. The summed E-state index contributed by atoms with van der Waals surface area (Å²) in [5, 5.41) is 2.88. The Morgan fingerprint density at radius 2 is 1.34 bits per heavy atom. The number of amides is 1. The van der Waals surface area contributed by atoms with Crippen molar-refractivity contribution in [1.82, 2.24) is 5.32 Å². The molecule has 202 valence electrons. The molecular weight excluding hydrogens is 490 g/mol. The minimum Gasteiger partial charge on any atom is -0.491 e. The van der Waals surface area contributed by atoms with E-state index in [4.69, 9.17) is 31.2 Å². The van der Waals surface area contributed by atoms with Crippen molar-refractivity contribution in [3.8, 4) is 5.75 Å². The Kier molecular flexibility index (Phi) is 18.1. The summed E-state index contributed by atoms with van der Waals surface area (Å²) >= 11 is 0. The lowest BCUT2D eigenvalue weighted by Crippen LogP contribution is -2.29. The molecule has 0 heterocycles. The zero-order valence-electron chi connectivity index (χ0n) is 23.3. The molecular formula is C25H43NO7S2. The minimum absolute atomic E-state index is 0.0607. The molecule has 8 nitrogen and oxygen atoms in total. The fraction of sp³-hybridized carbons (Fsp3) is 0.720. The maximum Gasteiger partial charge on any atom is 0.220 e. The van der Waals surface area contributed by atoms with Crippen molar-refractivity contribution in [2.24, 2.45) is 0 Å². The van der Waals surface area contributed by atoms with Gasteiger partial charge in [-0.2, -0.15) is 0 Å². The van der Waals surface area contributed by atoms with Gasteiger partial charge in [-0.05, 0) is 38.7 Å². The van der Waals surface area contributed by atoms with Crippen molar-refractivity contribution >= 4 is 27.5 Å². The van der Waals surface area contributed by atoms with E-state index in [1.165, 1.54) is 6.07 Å². The molecule has 1 aromatic carbocycles. The lowest BCUT2D eigenvalue weighted by molar-refractivity contribution is -0.121. The first-order valence-corrected chi connectivity index (χ1v) is 14.5. The van der Waals surface area contributed by atoms with Crippen LogP contribution in [0.2, 0.25) is 0 Å². The molecule has 1 rings (SSSR count). The van der Waals surface area contributed by atoms with Gasteiger partial charge < -0.3 is 33.7 Å². The van der Waals surface area contributed by atoms with E-state index in [-0.39, 0.29) is 22.7 Å². The van der Waals surface area contributed by atoms with Crippen LogP contribution >= 0.6 is 21.6 Å². The first-order chi connectivity index (χ1) is 17.8. The summed E-state index contributed by atoms with van der Waals surface area (Å²) in [6, 6.07) is 5.10. The molecule has 0 bridgehead atoms. The Hall–Kier alpha value is -1.01. The number of ether oxygens (including phenoxy) is 6. The smallest absolute Gasteiger partial charge is 0.220 e. The number of nitrogens with one attached hydrogen (secondary N) is 1. The topological polar surface area (TPSA) is 84.5 Å². The third-order valence-corrected chi connectivity index (χ3v) is 7.11. The summed E-state index contributed by atoms with van der Waals surface area (Å²) in [5.41, 5.74) is 0. The summed E-state index contributed by atoms with van der Waals surface area (Å²) in [5.74, 6) is 0.564. The molecule has 1 aromatic rings. The highest BCUT2D eigenvalue weighted by atomic mass is 33.1. The van der Waals surface area contributed by atoms with E-state index in [0.29, 0.717) is 91.4 Å². The SMILES string of the molecule is [2H]c1cc([2H])cc(OCCOCCOCCOCCOCCOCCNC(=O)CCC(C)(C)SSC)c1. The van der Waals surface area contributed by atoms with Gasteiger partial charge in [0.05, 0.1) is 68.8 Å². The number of para-hydroxylation sites is 1. The van der Waals surface area contributed by atoms with Crippen LogP contribution in [0.5, 0.6) is 5.75 Å². The fourth-order valence-electron chi connectivity index (χ4n) is 2.65. The number of hydrogen-bond acceptors (Lipinski definition) is 9. The molecule has 0 aliphatic carbocycles. The van der Waals surface area contributed by atoms with Gasteiger partial charge in [0.25, 0.3) is 0 Å². The van der Waals surface area contributed by atoms with Crippen molar-refractivity contribution in [3.63, 3.8) is 0 Å². The summed E-state index contributed by atoms with van der Waals surface area (Å²) < 4.78 is 47.9.